The molecule has 0 fully saturated rings. The predicted octanol–water partition coefficient (Wildman–Crippen LogP) is 8.43. The normalized spacial score (nSPS) is 13.5. The Labute approximate surface area is 175 Å². The van der Waals surface area contributed by atoms with E-state index in [1.165, 1.54) is 56.3 Å². The molecule has 1 rings (SSSR count). The Bertz CT molecular complexity index is 503. The second-order valence-electron chi connectivity index (χ2n) is 7.52. The average Bonchev–Trinajstić information content (AvgIpc) is 2.62. The third-order valence-corrected chi connectivity index (χ3v) is 21.3. The van der Waals surface area contributed by atoms with Crippen molar-refractivity contribution in [2.45, 2.75) is 83.1 Å². The Kier molecular flexibility index (Phi) is 12.6. The number of aliphatic hydroxyl groups is 1. The molecule has 0 saturated carbocycles. The minimum absolute atomic E-state index is 0.535. The molecule has 0 bridgehead atoms. The SMILES string of the molecule is CCC[CH2][Sn]([CH2]/C=C\C(O)c1c(Cl)cccc1Cl)([CH2]CCC)[CH2]CCC. The monoisotopic (exact) mass is 506 g/mol. The van der Waals surface area contributed by atoms with Crippen molar-refractivity contribution in [1.82, 2.24) is 0 Å². The second kappa shape index (κ2) is 13.5. The zero-order valence-corrected chi connectivity index (χ0v) is 21.1. The number of hydrogen-bond acceptors (Lipinski definition) is 1. The quantitative estimate of drug-likeness (QED) is 0.210. The third kappa shape index (κ3) is 8.12. The van der Waals surface area contributed by atoms with E-state index in [2.05, 4.69) is 26.8 Å². The molecule has 1 aromatic carbocycles. The van der Waals surface area contributed by atoms with E-state index in [1.807, 2.05) is 12.1 Å². The molecule has 0 aliphatic rings. The van der Waals surface area contributed by atoms with Crippen LogP contribution >= 0.6 is 23.2 Å². The molecule has 1 aromatic rings. The van der Waals surface area contributed by atoms with Gasteiger partial charge in [-0.3, -0.25) is 0 Å². The molecule has 1 atom stereocenters. The Morgan fingerprint density at radius 1 is 0.923 bits per heavy atom. The molecule has 26 heavy (non-hydrogen) atoms. The summed E-state index contributed by atoms with van der Waals surface area (Å²) in [6.45, 7) is 6.90. The van der Waals surface area contributed by atoms with Gasteiger partial charge in [-0.2, -0.15) is 0 Å². The van der Waals surface area contributed by atoms with Crippen LogP contribution in [0.5, 0.6) is 0 Å². The molecule has 1 unspecified atom stereocenters. The van der Waals surface area contributed by atoms with Crippen molar-refractivity contribution in [2.75, 3.05) is 0 Å². The summed E-state index contributed by atoms with van der Waals surface area (Å²) in [5.41, 5.74) is 0.628. The summed E-state index contributed by atoms with van der Waals surface area (Å²) in [4.78, 5) is 0. The van der Waals surface area contributed by atoms with Crippen LogP contribution in [0.1, 0.15) is 71.0 Å². The van der Waals surface area contributed by atoms with Gasteiger partial charge in [-0.1, -0.05) is 0 Å². The summed E-state index contributed by atoms with van der Waals surface area (Å²) in [6, 6.07) is 5.38. The van der Waals surface area contributed by atoms with E-state index in [0.717, 1.165) is 0 Å². The van der Waals surface area contributed by atoms with Gasteiger partial charge in [0, 0.05) is 0 Å². The van der Waals surface area contributed by atoms with Crippen molar-refractivity contribution in [3.63, 3.8) is 0 Å². The fourth-order valence-electron chi connectivity index (χ4n) is 3.67. The van der Waals surface area contributed by atoms with Crippen molar-refractivity contribution < 1.29 is 5.11 Å². The Hall–Kier alpha value is 0.299. The van der Waals surface area contributed by atoms with Crippen LogP contribution in [0.25, 0.3) is 0 Å². The molecule has 1 nitrogen and oxygen atoms in total. The molecule has 0 aromatic heterocycles. The number of aliphatic hydroxyl groups excluding tert-OH is 1. The van der Waals surface area contributed by atoms with Crippen molar-refractivity contribution in [1.29, 1.82) is 0 Å². The molecule has 0 spiro atoms. The molecule has 4 heteroatoms. The van der Waals surface area contributed by atoms with Gasteiger partial charge in [0.15, 0.2) is 0 Å². The van der Waals surface area contributed by atoms with E-state index >= 15 is 0 Å². The first-order chi connectivity index (χ1) is 12.5. The fraction of sp³-hybridized carbons (Fsp3) is 0.636. The Balaban J connectivity index is 2.89. The van der Waals surface area contributed by atoms with Crippen LogP contribution in [0.2, 0.25) is 27.8 Å². The van der Waals surface area contributed by atoms with Gasteiger partial charge in [0.05, 0.1) is 0 Å². The van der Waals surface area contributed by atoms with Gasteiger partial charge in [-0.05, 0) is 0 Å². The first-order valence-electron chi connectivity index (χ1n) is 10.3. The zero-order chi connectivity index (χ0) is 19.4. The summed E-state index contributed by atoms with van der Waals surface area (Å²) in [5, 5.41) is 11.6. The van der Waals surface area contributed by atoms with Crippen LogP contribution in [-0.2, 0) is 0 Å². The van der Waals surface area contributed by atoms with Crippen molar-refractivity contribution in [2.24, 2.45) is 0 Å². The topological polar surface area (TPSA) is 20.2 Å². The zero-order valence-electron chi connectivity index (χ0n) is 16.7. The van der Waals surface area contributed by atoms with Crippen molar-refractivity contribution >= 4 is 41.6 Å². The summed E-state index contributed by atoms with van der Waals surface area (Å²) in [6.07, 6.45) is 11.4. The number of rotatable bonds is 13. The summed E-state index contributed by atoms with van der Waals surface area (Å²) < 4.78 is 5.68. The van der Waals surface area contributed by atoms with Gasteiger partial charge in [0.2, 0.25) is 0 Å². The van der Waals surface area contributed by atoms with E-state index in [0.29, 0.717) is 15.6 Å². The van der Waals surface area contributed by atoms with Crippen LogP contribution in [0.4, 0.5) is 0 Å². The van der Waals surface area contributed by atoms with E-state index in [9.17, 15) is 5.11 Å². The molecule has 0 radical (unpaired) electrons. The average molecular weight is 506 g/mol. The number of halogens is 2. The Morgan fingerprint density at radius 2 is 1.38 bits per heavy atom. The summed E-state index contributed by atoms with van der Waals surface area (Å²) in [7, 11) is 0. The summed E-state index contributed by atoms with van der Waals surface area (Å²) in [5.74, 6) is 0. The molecule has 0 aliphatic heterocycles. The van der Waals surface area contributed by atoms with Crippen LogP contribution < -0.4 is 0 Å². The maximum atomic E-state index is 10.6. The van der Waals surface area contributed by atoms with Crippen molar-refractivity contribution in [3.8, 4) is 0 Å². The van der Waals surface area contributed by atoms with Gasteiger partial charge >= 0.3 is 176 Å². The summed E-state index contributed by atoms with van der Waals surface area (Å²) >= 11 is 10.3. The number of benzene rings is 1. The standard InChI is InChI=1S/C10H9Cl2O.3C4H9.Sn/c1-2-4-9(13)10-7(11)5-3-6-8(10)12;3*1-3-4-2;/h2-6,9,13H,1H2;3*1,3-4H2,2H3;/b4-2-;;;;. The molecule has 0 heterocycles. The minimum atomic E-state index is -2.18. The van der Waals surface area contributed by atoms with Gasteiger partial charge < -0.3 is 0 Å². The number of allylic oxidation sites excluding steroid dienone is 1. The van der Waals surface area contributed by atoms with E-state index in [1.54, 1.807) is 12.1 Å². The number of hydrogen-bond donors (Lipinski definition) is 1. The second-order valence-corrected chi connectivity index (χ2v) is 22.3. The molecule has 0 saturated heterocycles. The van der Waals surface area contributed by atoms with Gasteiger partial charge in [-0.25, -0.2) is 0 Å². The van der Waals surface area contributed by atoms with E-state index in [4.69, 9.17) is 23.2 Å². The van der Waals surface area contributed by atoms with Gasteiger partial charge in [-0.15, -0.1) is 0 Å². The Morgan fingerprint density at radius 3 is 1.81 bits per heavy atom. The molecule has 0 amide bonds. The molecular weight excluding hydrogens is 470 g/mol. The number of unbranched alkanes of at least 4 members (excludes halogenated alkanes) is 3. The van der Waals surface area contributed by atoms with Crippen LogP contribution in [0.3, 0.4) is 0 Å². The molecular formula is C22H36Cl2OSn. The molecule has 1 N–H and O–H groups in total. The van der Waals surface area contributed by atoms with Crippen LogP contribution in [0.15, 0.2) is 30.4 Å². The third-order valence-electron chi connectivity index (χ3n) is 5.35. The maximum absolute atomic E-state index is 10.6. The first kappa shape index (κ1) is 24.3. The fourth-order valence-corrected chi connectivity index (χ4v) is 19.4. The molecule has 148 valence electrons. The van der Waals surface area contributed by atoms with Crippen LogP contribution in [-0.4, -0.2) is 23.5 Å². The van der Waals surface area contributed by atoms with Gasteiger partial charge in [0.1, 0.15) is 0 Å². The van der Waals surface area contributed by atoms with Gasteiger partial charge in [0.25, 0.3) is 0 Å². The van der Waals surface area contributed by atoms with E-state index in [-0.39, 0.29) is 0 Å². The van der Waals surface area contributed by atoms with Crippen LogP contribution in [0, 0.1) is 0 Å². The van der Waals surface area contributed by atoms with Crippen molar-refractivity contribution in [3.05, 3.63) is 46.0 Å². The first-order valence-corrected chi connectivity index (χ1v) is 19.1. The predicted molar refractivity (Wildman–Crippen MR) is 120 cm³/mol. The van der Waals surface area contributed by atoms with E-state index < -0.39 is 24.5 Å². The molecule has 0 aliphatic carbocycles.